The van der Waals surface area contributed by atoms with Gasteiger partial charge in [0.25, 0.3) is 0 Å². The lowest BCUT2D eigenvalue weighted by Crippen LogP contribution is -2.44. The smallest absolute Gasteiger partial charge is 0.167 e. The van der Waals surface area contributed by atoms with E-state index in [1.807, 2.05) is 5.48 Å². The Balaban J connectivity index is 2.19. The van der Waals surface area contributed by atoms with Crippen molar-refractivity contribution in [2.45, 2.75) is 31.0 Å². The Morgan fingerprint density at radius 3 is 2.83 bits per heavy atom. The second-order valence-electron chi connectivity index (χ2n) is 5.61. The number of nitrogens with zero attached hydrogens (tertiary/aromatic N) is 3. The quantitative estimate of drug-likeness (QED) is 0.492. The predicted molar refractivity (Wildman–Crippen MR) is 80.7 cm³/mol. The Kier molecular flexibility index (Phi) is 3.82. The van der Waals surface area contributed by atoms with Crippen molar-refractivity contribution in [2.75, 3.05) is 12.1 Å². The van der Waals surface area contributed by atoms with Crippen LogP contribution >= 0.6 is 0 Å². The van der Waals surface area contributed by atoms with E-state index in [-0.39, 0.29) is 5.82 Å². The summed E-state index contributed by atoms with van der Waals surface area (Å²) in [4.78, 5) is 8.09. The van der Waals surface area contributed by atoms with E-state index in [1.54, 1.807) is 12.3 Å². The van der Waals surface area contributed by atoms with Gasteiger partial charge in [-0.2, -0.15) is 0 Å². The van der Waals surface area contributed by atoms with Crippen molar-refractivity contribution in [3.05, 3.63) is 24.7 Å². The minimum atomic E-state index is -1.64. The third-order valence-electron chi connectivity index (χ3n) is 4.15. The van der Waals surface area contributed by atoms with Gasteiger partial charge in [0, 0.05) is 11.8 Å². The van der Waals surface area contributed by atoms with Crippen LogP contribution in [0.2, 0.25) is 0 Å². The lowest BCUT2D eigenvalue weighted by molar-refractivity contribution is -0.0948. The number of aromatic nitrogens is 3. The molecule has 5 N–H and O–H groups in total. The fraction of sp³-hybridized carbons (Fsp3) is 0.429. The van der Waals surface area contributed by atoms with Crippen molar-refractivity contribution in [3.8, 4) is 0 Å². The van der Waals surface area contributed by atoms with Gasteiger partial charge in [-0.3, -0.25) is 10.7 Å². The maximum Gasteiger partial charge on any atom is 0.167 e. The normalized spacial score (nSPS) is 30.7. The molecule has 1 aliphatic rings. The summed E-state index contributed by atoms with van der Waals surface area (Å²) in [6, 6.07) is 0. The second-order valence-corrected chi connectivity index (χ2v) is 5.61. The minimum Gasteiger partial charge on any atom is -0.394 e. The van der Waals surface area contributed by atoms with Crippen LogP contribution in [0.1, 0.15) is 18.7 Å². The van der Waals surface area contributed by atoms with Gasteiger partial charge in [0.1, 0.15) is 29.8 Å². The lowest BCUT2D eigenvalue weighted by atomic mass is 9.96. The molecule has 0 radical (unpaired) electrons. The van der Waals surface area contributed by atoms with Crippen LogP contribution in [0.15, 0.2) is 19.1 Å². The third-order valence-corrected chi connectivity index (χ3v) is 4.15. The molecule has 0 unspecified atom stereocenters. The summed E-state index contributed by atoms with van der Waals surface area (Å²) in [5.41, 5.74) is 1.34. The van der Waals surface area contributed by atoms with Gasteiger partial charge in [-0.25, -0.2) is 9.97 Å². The van der Waals surface area contributed by atoms with Crippen LogP contribution in [0.4, 0.5) is 5.82 Å². The van der Waals surface area contributed by atoms with E-state index in [2.05, 4.69) is 16.5 Å². The molecule has 9 nitrogen and oxygen atoms in total. The van der Waals surface area contributed by atoms with Gasteiger partial charge in [0.2, 0.25) is 0 Å². The fourth-order valence-corrected chi connectivity index (χ4v) is 2.92. The van der Waals surface area contributed by atoms with Crippen molar-refractivity contribution < 1.29 is 25.3 Å². The maximum absolute atomic E-state index is 10.6. The van der Waals surface area contributed by atoms with E-state index >= 15 is 0 Å². The van der Waals surface area contributed by atoms with Crippen LogP contribution in [0.5, 0.6) is 0 Å². The van der Waals surface area contributed by atoms with Crippen LogP contribution in [-0.2, 0) is 4.74 Å². The fourth-order valence-electron chi connectivity index (χ4n) is 2.92. The molecule has 2 aromatic rings. The second kappa shape index (κ2) is 5.55. The number of ether oxygens (including phenoxy) is 1. The molecule has 2 aromatic heterocycles. The largest absolute Gasteiger partial charge is 0.394 e. The van der Waals surface area contributed by atoms with E-state index < -0.39 is 30.6 Å². The van der Waals surface area contributed by atoms with Crippen molar-refractivity contribution >= 4 is 22.9 Å². The summed E-state index contributed by atoms with van der Waals surface area (Å²) >= 11 is 0. The molecule has 0 aromatic carbocycles. The van der Waals surface area contributed by atoms with E-state index in [0.717, 1.165) is 0 Å². The molecule has 1 aliphatic heterocycles. The zero-order valence-electron chi connectivity index (χ0n) is 12.4. The number of fused-ring (bicyclic) bond motifs is 1. The van der Waals surface area contributed by atoms with Gasteiger partial charge in [-0.15, -0.1) is 0 Å². The Hall–Kier alpha value is -2.04. The van der Waals surface area contributed by atoms with E-state index in [0.29, 0.717) is 16.6 Å². The van der Waals surface area contributed by atoms with E-state index in [9.17, 15) is 20.5 Å². The van der Waals surface area contributed by atoms with Gasteiger partial charge in [0.05, 0.1) is 12.0 Å². The predicted octanol–water partition coefficient (Wildman–Crippen LogP) is -0.123. The van der Waals surface area contributed by atoms with Crippen molar-refractivity contribution in [1.29, 1.82) is 0 Å². The summed E-state index contributed by atoms with van der Waals surface area (Å²) in [6.07, 6.45) is 1.25. The Morgan fingerprint density at radius 2 is 2.26 bits per heavy atom. The highest BCUT2D eigenvalue weighted by Gasteiger charge is 2.53. The standard InChI is InChI=1S/C14H18N4O5/c1-3-7-4-18(12-9(7)11(17-22)15-6-16-12)13-14(2,21)10(20)8(5-19)23-13/h3-4,6,8,10,13,19-22H,1,5H2,2H3,(H,15,16,17)/t8-,10-,13-,14-/m1/s1. The zero-order chi connectivity index (χ0) is 16.8. The number of rotatable bonds is 4. The molecule has 0 aliphatic carbocycles. The molecule has 0 spiro atoms. The summed E-state index contributed by atoms with van der Waals surface area (Å²) in [5, 5.41) is 39.7. The van der Waals surface area contributed by atoms with Crippen molar-refractivity contribution in [1.82, 2.24) is 14.5 Å². The first-order valence-electron chi connectivity index (χ1n) is 7.00. The molecular formula is C14H18N4O5. The van der Waals surface area contributed by atoms with Crippen molar-refractivity contribution in [3.63, 3.8) is 0 Å². The van der Waals surface area contributed by atoms with Gasteiger partial charge in [-0.05, 0) is 6.92 Å². The lowest BCUT2D eigenvalue weighted by Gasteiger charge is -2.27. The Bertz CT molecular complexity index is 744. The Morgan fingerprint density at radius 1 is 1.52 bits per heavy atom. The van der Waals surface area contributed by atoms with E-state index in [1.165, 1.54) is 17.8 Å². The highest BCUT2D eigenvalue weighted by Crippen LogP contribution is 2.41. The maximum atomic E-state index is 10.6. The summed E-state index contributed by atoms with van der Waals surface area (Å²) in [7, 11) is 0. The Labute approximate surface area is 131 Å². The molecule has 0 saturated carbocycles. The summed E-state index contributed by atoms with van der Waals surface area (Å²) < 4.78 is 7.12. The molecule has 23 heavy (non-hydrogen) atoms. The molecule has 0 bridgehead atoms. The summed E-state index contributed by atoms with van der Waals surface area (Å²) in [5.74, 6) is 0.181. The topological polar surface area (TPSA) is 133 Å². The number of hydrogen-bond donors (Lipinski definition) is 5. The highest BCUT2D eigenvalue weighted by atomic mass is 16.6. The van der Waals surface area contributed by atoms with Crippen LogP contribution in [0.25, 0.3) is 17.1 Å². The molecular weight excluding hydrogens is 304 g/mol. The number of nitrogens with one attached hydrogen (secondary N) is 1. The zero-order valence-corrected chi connectivity index (χ0v) is 12.4. The first kappa shape index (κ1) is 15.8. The average molecular weight is 322 g/mol. The number of anilines is 1. The van der Waals surface area contributed by atoms with Gasteiger partial charge in [-0.1, -0.05) is 12.7 Å². The van der Waals surface area contributed by atoms with Gasteiger partial charge < -0.3 is 24.6 Å². The number of aliphatic hydroxyl groups excluding tert-OH is 2. The molecule has 4 atom stereocenters. The number of hydrogen-bond acceptors (Lipinski definition) is 8. The van der Waals surface area contributed by atoms with Crippen LogP contribution < -0.4 is 5.48 Å². The van der Waals surface area contributed by atoms with E-state index in [4.69, 9.17) is 4.74 Å². The molecule has 3 heterocycles. The SMILES string of the molecule is C=Cc1cn([C@@H]2O[C@H](CO)[C@@H](O)[C@@]2(C)O)c2ncnc(NO)c12. The highest BCUT2D eigenvalue weighted by molar-refractivity contribution is 5.95. The average Bonchev–Trinajstić information content (AvgIpc) is 3.03. The summed E-state index contributed by atoms with van der Waals surface area (Å²) in [6.45, 7) is 4.70. The molecule has 0 amide bonds. The van der Waals surface area contributed by atoms with Crippen LogP contribution in [0, 0.1) is 0 Å². The van der Waals surface area contributed by atoms with Crippen LogP contribution in [-0.4, -0.2) is 59.5 Å². The third kappa shape index (κ3) is 2.21. The van der Waals surface area contributed by atoms with Gasteiger partial charge in [0.15, 0.2) is 12.0 Å². The first-order valence-corrected chi connectivity index (χ1v) is 7.00. The number of aliphatic hydroxyl groups is 3. The monoisotopic (exact) mass is 322 g/mol. The minimum absolute atomic E-state index is 0.181. The molecule has 1 fully saturated rings. The molecule has 1 saturated heterocycles. The van der Waals surface area contributed by atoms with Crippen molar-refractivity contribution in [2.24, 2.45) is 0 Å². The molecule has 3 rings (SSSR count). The van der Waals surface area contributed by atoms with Crippen LogP contribution in [0.3, 0.4) is 0 Å². The molecule has 124 valence electrons. The first-order chi connectivity index (χ1) is 11.0. The molecule has 9 heteroatoms. The van der Waals surface area contributed by atoms with Gasteiger partial charge >= 0.3 is 0 Å².